The number of imidazole rings is 1. The van der Waals surface area contributed by atoms with E-state index in [1.165, 1.54) is 58.5 Å². The van der Waals surface area contributed by atoms with Crippen LogP contribution >= 0.6 is 0 Å². The molecule has 11 nitrogen and oxygen atoms in total. The summed E-state index contributed by atoms with van der Waals surface area (Å²) >= 11 is 0. The van der Waals surface area contributed by atoms with Crippen molar-refractivity contribution in [2.45, 2.75) is 13.2 Å². The molecule has 0 atom stereocenters. The molecule has 0 aliphatic carbocycles. The maximum Gasteiger partial charge on any atom is 0.387 e. The van der Waals surface area contributed by atoms with Crippen LogP contribution in [0.5, 0.6) is 5.75 Å². The lowest BCUT2D eigenvalue weighted by molar-refractivity contribution is -0.0498. The van der Waals surface area contributed by atoms with Crippen LogP contribution < -0.4 is 16.0 Å². The van der Waals surface area contributed by atoms with Crippen LogP contribution in [0.4, 0.5) is 8.78 Å². The molecule has 4 rings (SSSR count). The van der Waals surface area contributed by atoms with Gasteiger partial charge >= 0.3 is 12.3 Å². The van der Waals surface area contributed by atoms with Gasteiger partial charge in [0.15, 0.2) is 17.0 Å². The summed E-state index contributed by atoms with van der Waals surface area (Å²) in [5, 5.41) is 11.5. The molecule has 1 aromatic carbocycles. The molecule has 0 radical (unpaired) electrons. The average Bonchev–Trinajstić information content (AvgIpc) is 3.32. The van der Waals surface area contributed by atoms with E-state index in [0.717, 1.165) is 4.57 Å². The Labute approximate surface area is 160 Å². The fraction of sp³-hybridized carbons (Fsp3) is 0.250. The largest absolute Gasteiger partial charge is 0.435 e. The molecule has 0 saturated carbocycles. The van der Waals surface area contributed by atoms with Crippen molar-refractivity contribution in [1.29, 1.82) is 0 Å². The van der Waals surface area contributed by atoms with Crippen LogP contribution in [0.3, 0.4) is 0 Å². The van der Waals surface area contributed by atoms with Gasteiger partial charge in [0, 0.05) is 14.1 Å². The standard InChI is InChI=1S/C16H14F2N8O3/c1-23-13-12(14(27)24(2)16(23)28)25(8-19-13)7-11-20-21-22-26(11)9-3-5-10(6-4-9)29-15(17)18/h3-6,8,15H,7H2,1-2H3. The van der Waals surface area contributed by atoms with Crippen LogP contribution in [-0.4, -0.2) is 45.5 Å². The first-order valence-corrected chi connectivity index (χ1v) is 8.30. The first kappa shape index (κ1) is 18.5. The third-order valence-corrected chi connectivity index (χ3v) is 4.37. The number of hydrogen-bond acceptors (Lipinski definition) is 7. The molecule has 0 saturated heterocycles. The Hall–Kier alpha value is -3.90. The van der Waals surface area contributed by atoms with Crippen molar-refractivity contribution in [3.63, 3.8) is 0 Å². The van der Waals surface area contributed by atoms with Crippen LogP contribution in [0.2, 0.25) is 0 Å². The van der Waals surface area contributed by atoms with Crippen LogP contribution in [0.15, 0.2) is 40.2 Å². The van der Waals surface area contributed by atoms with Crippen molar-refractivity contribution in [1.82, 2.24) is 38.9 Å². The van der Waals surface area contributed by atoms with Gasteiger partial charge in [-0.15, -0.1) is 5.10 Å². The minimum atomic E-state index is -2.92. The Morgan fingerprint density at radius 2 is 1.83 bits per heavy atom. The number of benzene rings is 1. The minimum Gasteiger partial charge on any atom is -0.435 e. The van der Waals surface area contributed by atoms with Gasteiger partial charge in [0.05, 0.1) is 18.6 Å². The maximum absolute atomic E-state index is 12.5. The van der Waals surface area contributed by atoms with E-state index in [1.807, 2.05) is 0 Å². The zero-order valence-corrected chi connectivity index (χ0v) is 15.2. The van der Waals surface area contributed by atoms with Crippen LogP contribution in [0.1, 0.15) is 5.82 Å². The van der Waals surface area contributed by atoms with Gasteiger partial charge in [-0.2, -0.15) is 13.5 Å². The zero-order valence-electron chi connectivity index (χ0n) is 15.2. The highest BCUT2D eigenvalue weighted by Gasteiger charge is 2.17. The third kappa shape index (κ3) is 3.15. The summed E-state index contributed by atoms with van der Waals surface area (Å²) < 4.78 is 34.1. The van der Waals surface area contributed by atoms with Gasteiger partial charge in [-0.1, -0.05) is 0 Å². The van der Waals surface area contributed by atoms with Crippen molar-refractivity contribution < 1.29 is 13.5 Å². The van der Waals surface area contributed by atoms with E-state index in [4.69, 9.17) is 0 Å². The van der Waals surface area contributed by atoms with Crippen molar-refractivity contribution in [3.8, 4) is 11.4 Å². The number of nitrogens with zero attached hydrogens (tertiary/aromatic N) is 8. The SMILES string of the molecule is Cn1c(=O)c2c(ncn2Cc2nnnn2-c2ccc(OC(F)F)cc2)n(C)c1=O. The number of hydrogen-bond donors (Lipinski definition) is 0. The van der Waals surface area contributed by atoms with Crippen molar-refractivity contribution in [2.24, 2.45) is 14.1 Å². The monoisotopic (exact) mass is 404 g/mol. The topological polar surface area (TPSA) is 115 Å². The number of aryl methyl sites for hydroxylation is 1. The molecule has 0 aliphatic rings. The molecule has 0 N–H and O–H groups in total. The molecule has 0 amide bonds. The molecule has 0 bridgehead atoms. The van der Waals surface area contributed by atoms with Crippen LogP contribution in [-0.2, 0) is 20.6 Å². The van der Waals surface area contributed by atoms with E-state index in [2.05, 4.69) is 25.2 Å². The summed E-state index contributed by atoms with van der Waals surface area (Å²) in [6, 6.07) is 5.77. The molecular weight excluding hydrogens is 390 g/mol. The highest BCUT2D eigenvalue weighted by molar-refractivity contribution is 5.70. The Morgan fingerprint density at radius 3 is 2.52 bits per heavy atom. The van der Waals surface area contributed by atoms with Crippen molar-refractivity contribution in [2.75, 3.05) is 0 Å². The summed E-state index contributed by atoms with van der Waals surface area (Å²) in [5.41, 5.74) is 0.00334. The number of alkyl halides is 2. The summed E-state index contributed by atoms with van der Waals surface area (Å²) in [5.74, 6) is 0.367. The Morgan fingerprint density at radius 1 is 1.10 bits per heavy atom. The molecule has 0 unspecified atom stereocenters. The van der Waals surface area contributed by atoms with Gasteiger partial charge in [-0.05, 0) is 34.7 Å². The fourth-order valence-electron chi connectivity index (χ4n) is 2.94. The van der Waals surface area contributed by atoms with Gasteiger partial charge in [0.1, 0.15) is 5.75 Å². The summed E-state index contributed by atoms with van der Waals surface area (Å²) in [7, 11) is 2.91. The molecule has 3 aromatic heterocycles. The van der Waals surface area contributed by atoms with Gasteiger partial charge in [0.25, 0.3) is 5.56 Å². The number of ether oxygens (including phenoxy) is 1. The Kier molecular flexibility index (Phi) is 4.41. The second-order valence-electron chi connectivity index (χ2n) is 6.13. The fourth-order valence-corrected chi connectivity index (χ4v) is 2.94. The zero-order chi connectivity index (χ0) is 20.7. The van der Waals surface area contributed by atoms with Crippen molar-refractivity contribution in [3.05, 3.63) is 57.3 Å². The highest BCUT2D eigenvalue weighted by Crippen LogP contribution is 2.18. The van der Waals surface area contributed by atoms with E-state index in [9.17, 15) is 18.4 Å². The smallest absolute Gasteiger partial charge is 0.387 e. The molecule has 4 aromatic rings. The molecule has 150 valence electrons. The molecule has 3 heterocycles. The van der Waals surface area contributed by atoms with Gasteiger partial charge in [-0.3, -0.25) is 13.9 Å². The predicted octanol–water partition coefficient (Wildman–Crippen LogP) is 0.0591. The molecule has 29 heavy (non-hydrogen) atoms. The maximum atomic E-state index is 12.5. The molecule has 0 fully saturated rings. The molecule has 0 aliphatic heterocycles. The molecule has 0 spiro atoms. The van der Waals surface area contributed by atoms with E-state index in [-0.39, 0.29) is 23.5 Å². The molecular formula is C16H14F2N8O3. The lowest BCUT2D eigenvalue weighted by Crippen LogP contribution is -2.37. The average molecular weight is 404 g/mol. The summed E-state index contributed by atoms with van der Waals surface area (Å²) in [4.78, 5) is 28.7. The quantitative estimate of drug-likeness (QED) is 0.462. The second-order valence-corrected chi connectivity index (χ2v) is 6.13. The normalized spacial score (nSPS) is 11.5. The van der Waals surface area contributed by atoms with Crippen LogP contribution in [0, 0.1) is 0 Å². The predicted molar refractivity (Wildman–Crippen MR) is 95.1 cm³/mol. The highest BCUT2D eigenvalue weighted by atomic mass is 19.3. The van der Waals surface area contributed by atoms with E-state index in [1.54, 1.807) is 0 Å². The van der Waals surface area contributed by atoms with E-state index >= 15 is 0 Å². The first-order chi connectivity index (χ1) is 13.9. The molecule has 13 heteroatoms. The Balaban J connectivity index is 1.72. The Bertz CT molecular complexity index is 1300. The van der Waals surface area contributed by atoms with E-state index < -0.39 is 17.9 Å². The number of tetrazole rings is 1. The lowest BCUT2D eigenvalue weighted by Gasteiger charge is -2.08. The van der Waals surface area contributed by atoms with Gasteiger partial charge in [-0.25, -0.2) is 9.78 Å². The number of aromatic nitrogens is 8. The number of rotatable bonds is 5. The van der Waals surface area contributed by atoms with Crippen molar-refractivity contribution >= 4 is 11.2 Å². The number of halogens is 2. The third-order valence-electron chi connectivity index (χ3n) is 4.37. The summed E-state index contributed by atoms with van der Waals surface area (Å²) in [6.07, 6.45) is 1.42. The number of fused-ring (bicyclic) bond motifs is 1. The van der Waals surface area contributed by atoms with Gasteiger partial charge < -0.3 is 9.30 Å². The lowest BCUT2D eigenvalue weighted by atomic mass is 10.3. The van der Waals surface area contributed by atoms with Gasteiger partial charge in [0.2, 0.25) is 0 Å². The first-order valence-electron chi connectivity index (χ1n) is 8.30. The summed E-state index contributed by atoms with van der Waals surface area (Å²) in [6.45, 7) is -2.83. The van der Waals surface area contributed by atoms with Crippen LogP contribution in [0.25, 0.3) is 16.9 Å². The second kappa shape index (κ2) is 6.92. The minimum absolute atomic E-state index is 0.00314. The van der Waals surface area contributed by atoms with E-state index in [0.29, 0.717) is 11.5 Å².